The Bertz CT molecular complexity index is 735. The fourth-order valence-corrected chi connectivity index (χ4v) is 2.31. The molecule has 130 valence electrons. The van der Waals surface area contributed by atoms with E-state index in [1.165, 1.54) is 0 Å². The van der Waals surface area contributed by atoms with E-state index >= 15 is 0 Å². The molecule has 0 spiro atoms. The molecule has 0 radical (unpaired) electrons. The van der Waals surface area contributed by atoms with E-state index in [1.807, 2.05) is 43.3 Å². The van der Waals surface area contributed by atoms with Crippen LogP contribution in [0.1, 0.15) is 23.6 Å². The van der Waals surface area contributed by atoms with E-state index in [2.05, 4.69) is 11.4 Å². The van der Waals surface area contributed by atoms with E-state index in [0.29, 0.717) is 25.2 Å². The second kappa shape index (κ2) is 9.45. The van der Waals surface area contributed by atoms with Gasteiger partial charge in [0.05, 0.1) is 24.8 Å². The zero-order valence-corrected chi connectivity index (χ0v) is 14.5. The lowest BCUT2D eigenvalue weighted by Gasteiger charge is -2.19. The molecule has 0 heterocycles. The smallest absolute Gasteiger partial charge is 0.356 e. The standard InChI is InChI=1S/C20H22N2O3/c1-3-24-20(23)19(22-18-6-4-5-15(2)13-18)25-12-11-16-7-9-17(14-21)10-8-16/h4-10,13,19,22H,3,11-12H2,1-2H3. The number of anilines is 1. The average Bonchev–Trinajstić information content (AvgIpc) is 2.61. The minimum Gasteiger partial charge on any atom is -0.463 e. The van der Waals surface area contributed by atoms with Gasteiger partial charge in [0.25, 0.3) is 0 Å². The third-order valence-electron chi connectivity index (χ3n) is 3.57. The fraction of sp³-hybridized carbons (Fsp3) is 0.300. The summed E-state index contributed by atoms with van der Waals surface area (Å²) in [5.74, 6) is -0.441. The van der Waals surface area contributed by atoms with Gasteiger partial charge < -0.3 is 14.8 Å². The summed E-state index contributed by atoms with van der Waals surface area (Å²) in [5.41, 5.74) is 3.55. The molecule has 0 aliphatic heterocycles. The van der Waals surface area contributed by atoms with Crippen LogP contribution in [-0.4, -0.2) is 25.4 Å². The normalized spacial score (nSPS) is 11.4. The summed E-state index contributed by atoms with van der Waals surface area (Å²) < 4.78 is 10.8. The van der Waals surface area contributed by atoms with Crippen LogP contribution in [0, 0.1) is 18.3 Å². The first-order chi connectivity index (χ1) is 12.1. The SMILES string of the molecule is CCOC(=O)C(Nc1cccc(C)c1)OCCc1ccc(C#N)cc1. The molecule has 0 amide bonds. The van der Waals surface area contributed by atoms with Gasteiger partial charge in [-0.25, -0.2) is 4.79 Å². The highest BCUT2D eigenvalue weighted by Crippen LogP contribution is 2.13. The number of aryl methyl sites for hydroxylation is 1. The molecule has 2 aromatic carbocycles. The number of benzene rings is 2. The molecule has 25 heavy (non-hydrogen) atoms. The van der Waals surface area contributed by atoms with Crippen molar-refractivity contribution in [2.24, 2.45) is 0 Å². The van der Waals surface area contributed by atoms with Crippen LogP contribution in [0.5, 0.6) is 0 Å². The van der Waals surface area contributed by atoms with Crippen molar-refractivity contribution in [1.82, 2.24) is 0 Å². The zero-order valence-electron chi connectivity index (χ0n) is 14.5. The quantitative estimate of drug-likeness (QED) is 0.590. The van der Waals surface area contributed by atoms with Gasteiger partial charge in [0.15, 0.2) is 0 Å². The summed E-state index contributed by atoms with van der Waals surface area (Å²) in [7, 11) is 0. The Hall–Kier alpha value is -2.84. The van der Waals surface area contributed by atoms with Gasteiger partial charge in [0.1, 0.15) is 0 Å². The molecular weight excluding hydrogens is 316 g/mol. The number of nitrogens with zero attached hydrogens (tertiary/aromatic N) is 1. The molecule has 0 bridgehead atoms. The predicted octanol–water partition coefficient (Wildman–Crippen LogP) is 3.43. The largest absolute Gasteiger partial charge is 0.463 e. The topological polar surface area (TPSA) is 71.3 Å². The van der Waals surface area contributed by atoms with Crippen LogP contribution >= 0.6 is 0 Å². The summed E-state index contributed by atoms with van der Waals surface area (Å²) in [4.78, 5) is 12.1. The molecule has 0 aliphatic rings. The van der Waals surface area contributed by atoms with Crippen molar-refractivity contribution >= 4 is 11.7 Å². The summed E-state index contributed by atoms with van der Waals surface area (Å²) >= 11 is 0. The van der Waals surface area contributed by atoms with E-state index in [9.17, 15) is 4.79 Å². The number of carbonyl (C=O) groups excluding carboxylic acids is 1. The van der Waals surface area contributed by atoms with Crippen LogP contribution in [0.4, 0.5) is 5.69 Å². The first kappa shape index (κ1) is 18.5. The van der Waals surface area contributed by atoms with Crippen molar-refractivity contribution in [3.05, 3.63) is 65.2 Å². The van der Waals surface area contributed by atoms with Crippen LogP contribution in [0.3, 0.4) is 0 Å². The first-order valence-corrected chi connectivity index (χ1v) is 8.23. The number of hydrogen-bond acceptors (Lipinski definition) is 5. The third-order valence-corrected chi connectivity index (χ3v) is 3.57. The Labute approximate surface area is 148 Å². The third kappa shape index (κ3) is 5.94. The van der Waals surface area contributed by atoms with Crippen molar-refractivity contribution in [2.45, 2.75) is 26.5 Å². The Balaban J connectivity index is 1.95. The van der Waals surface area contributed by atoms with Gasteiger partial charge >= 0.3 is 5.97 Å². The Morgan fingerprint density at radius 1 is 1.24 bits per heavy atom. The lowest BCUT2D eigenvalue weighted by atomic mass is 10.1. The lowest BCUT2D eigenvalue weighted by molar-refractivity contribution is -0.154. The van der Waals surface area contributed by atoms with Gasteiger partial charge in [-0.15, -0.1) is 0 Å². The first-order valence-electron chi connectivity index (χ1n) is 8.23. The number of esters is 1. The number of carbonyl (C=O) groups is 1. The molecule has 1 unspecified atom stereocenters. The summed E-state index contributed by atoms with van der Waals surface area (Å²) in [6, 6.07) is 17.1. The highest BCUT2D eigenvalue weighted by molar-refractivity contribution is 5.77. The molecule has 1 atom stereocenters. The van der Waals surface area contributed by atoms with Crippen LogP contribution in [0.2, 0.25) is 0 Å². The molecule has 5 nitrogen and oxygen atoms in total. The van der Waals surface area contributed by atoms with Gasteiger partial charge in [-0.1, -0.05) is 24.3 Å². The summed E-state index contributed by atoms with van der Waals surface area (Å²) in [5, 5.41) is 11.9. The van der Waals surface area contributed by atoms with Crippen molar-refractivity contribution in [2.75, 3.05) is 18.5 Å². The maximum atomic E-state index is 12.1. The molecule has 0 fully saturated rings. The second-order valence-electron chi connectivity index (χ2n) is 5.58. The summed E-state index contributed by atoms with van der Waals surface area (Å²) in [6.07, 6.45) is -0.225. The summed E-state index contributed by atoms with van der Waals surface area (Å²) in [6.45, 7) is 4.40. The molecule has 0 aromatic heterocycles. The highest BCUT2D eigenvalue weighted by atomic mass is 16.6. The number of ether oxygens (including phenoxy) is 2. The van der Waals surface area contributed by atoms with E-state index in [-0.39, 0.29) is 0 Å². The molecule has 0 saturated heterocycles. The Kier molecular flexibility index (Phi) is 7.00. The van der Waals surface area contributed by atoms with Crippen molar-refractivity contribution < 1.29 is 14.3 Å². The van der Waals surface area contributed by atoms with Gasteiger partial charge in [0.2, 0.25) is 6.23 Å². The maximum absolute atomic E-state index is 12.1. The van der Waals surface area contributed by atoms with Crippen LogP contribution in [0.15, 0.2) is 48.5 Å². The Morgan fingerprint density at radius 2 is 2.00 bits per heavy atom. The monoisotopic (exact) mass is 338 g/mol. The molecule has 5 heteroatoms. The van der Waals surface area contributed by atoms with Gasteiger partial charge in [-0.2, -0.15) is 5.26 Å². The second-order valence-corrected chi connectivity index (χ2v) is 5.58. The highest BCUT2D eigenvalue weighted by Gasteiger charge is 2.20. The molecule has 0 aliphatic carbocycles. The molecule has 2 aromatic rings. The lowest BCUT2D eigenvalue weighted by Crippen LogP contribution is -2.34. The zero-order chi connectivity index (χ0) is 18.1. The van der Waals surface area contributed by atoms with E-state index in [1.54, 1.807) is 19.1 Å². The van der Waals surface area contributed by atoms with Gasteiger partial charge in [-0.05, 0) is 55.7 Å². The van der Waals surface area contributed by atoms with E-state index in [0.717, 1.165) is 16.8 Å². The van der Waals surface area contributed by atoms with Gasteiger partial charge in [-0.3, -0.25) is 0 Å². The number of nitrogens with one attached hydrogen (secondary N) is 1. The van der Waals surface area contributed by atoms with Gasteiger partial charge in [0, 0.05) is 5.69 Å². The number of nitriles is 1. The van der Waals surface area contributed by atoms with Crippen LogP contribution in [0.25, 0.3) is 0 Å². The number of rotatable bonds is 8. The van der Waals surface area contributed by atoms with E-state index in [4.69, 9.17) is 14.7 Å². The fourth-order valence-electron chi connectivity index (χ4n) is 2.31. The van der Waals surface area contributed by atoms with Crippen molar-refractivity contribution in [3.63, 3.8) is 0 Å². The maximum Gasteiger partial charge on any atom is 0.356 e. The van der Waals surface area contributed by atoms with E-state index < -0.39 is 12.2 Å². The predicted molar refractivity (Wildman–Crippen MR) is 96.0 cm³/mol. The van der Waals surface area contributed by atoms with Crippen molar-refractivity contribution in [1.29, 1.82) is 5.26 Å². The van der Waals surface area contributed by atoms with Crippen LogP contribution < -0.4 is 5.32 Å². The minimum absolute atomic E-state index is 0.295. The Morgan fingerprint density at radius 3 is 2.64 bits per heavy atom. The minimum atomic E-state index is -0.861. The number of hydrogen-bond donors (Lipinski definition) is 1. The average molecular weight is 338 g/mol. The molecule has 2 rings (SSSR count). The molecule has 0 saturated carbocycles. The molecular formula is C20H22N2O3. The van der Waals surface area contributed by atoms with Crippen LogP contribution in [-0.2, 0) is 20.7 Å². The van der Waals surface area contributed by atoms with Crippen molar-refractivity contribution in [3.8, 4) is 6.07 Å². The molecule has 1 N–H and O–H groups in total.